The Kier molecular flexibility index (Phi) is 4.02. The average Bonchev–Trinajstić information content (AvgIpc) is 2.42. The minimum absolute atomic E-state index is 0.405. The van der Waals surface area contributed by atoms with E-state index in [1.54, 1.807) is 25.5 Å². The second kappa shape index (κ2) is 5.90. The molecule has 2 aromatic heterocycles. The summed E-state index contributed by atoms with van der Waals surface area (Å²) in [6.45, 7) is 3.98. The average molecular weight is 258 g/mol. The lowest BCUT2D eigenvalue weighted by molar-refractivity contribution is -0.133. The van der Waals surface area contributed by atoms with Crippen LogP contribution in [0.5, 0.6) is 0 Å². The summed E-state index contributed by atoms with van der Waals surface area (Å²) in [6, 6.07) is 3.68. The molecule has 0 bridgehead atoms. The normalized spacial score (nSPS) is 11.7. The molecular weight excluding hydrogens is 244 g/mol. The van der Waals surface area contributed by atoms with E-state index in [0.29, 0.717) is 18.0 Å². The fourth-order valence-corrected chi connectivity index (χ4v) is 1.60. The van der Waals surface area contributed by atoms with Gasteiger partial charge in [-0.15, -0.1) is 0 Å². The van der Waals surface area contributed by atoms with Gasteiger partial charge in [-0.3, -0.25) is 9.78 Å². The molecule has 6 heteroatoms. The maximum atomic E-state index is 10.4. The molecule has 0 radical (unpaired) electrons. The Morgan fingerprint density at radius 1 is 1.42 bits per heavy atom. The van der Waals surface area contributed by atoms with Crippen molar-refractivity contribution in [1.82, 2.24) is 15.0 Å². The van der Waals surface area contributed by atoms with Gasteiger partial charge >= 0.3 is 0 Å². The van der Waals surface area contributed by atoms with Crippen LogP contribution in [0.1, 0.15) is 24.4 Å². The summed E-state index contributed by atoms with van der Waals surface area (Å²) < 4.78 is 4.92. The van der Waals surface area contributed by atoms with Gasteiger partial charge in [-0.2, -0.15) is 0 Å². The van der Waals surface area contributed by atoms with E-state index in [4.69, 9.17) is 4.74 Å². The molecule has 0 aliphatic carbocycles. The SMILES string of the molecule is Cc1cnc(Nc2cccnc2)c(C(C)OC=O)n1. The summed E-state index contributed by atoms with van der Waals surface area (Å²) in [6.07, 6.45) is 4.54. The molecule has 0 amide bonds. The molecule has 0 saturated carbocycles. The van der Waals surface area contributed by atoms with E-state index < -0.39 is 6.10 Å². The molecule has 0 aliphatic heterocycles. The van der Waals surface area contributed by atoms with E-state index in [1.807, 2.05) is 19.1 Å². The summed E-state index contributed by atoms with van der Waals surface area (Å²) in [7, 11) is 0. The van der Waals surface area contributed by atoms with E-state index in [9.17, 15) is 4.79 Å². The van der Waals surface area contributed by atoms with Crippen molar-refractivity contribution >= 4 is 18.0 Å². The molecule has 1 atom stereocenters. The third-order valence-corrected chi connectivity index (χ3v) is 2.49. The number of aromatic nitrogens is 3. The highest BCUT2D eigenvalue weighted by Gasteiger charge is 2.15. The van der Waals surface area contributed by atoms with E-state index in [2.05, 4.69) is 20.3 Å². The van der Waals surface area contributed by atoms with Crippen LogP contribution in [0.3, 0.4) is 0 Å². The summed E-state index contributed by atoms with van der Waals surface area (Å²) in [5, 5.41) is 3.11. The van der Waals surface area contributed by atoms with Gasteiger partial charge in [-0.05, 0) is 26.0 Å². The lowest BCUT2D eigenvalue weighted by Crippen LogP contribution is -2.08. The number of carbonyl (C=O) groups is 1. The van der Waals surface area contributed by atoms with E-state index in [0.717, 1.165) is 11.4 Å². The molecular formula is C13H14N4O2. The van der Waals surface area contributed by atoms with E-state index in [1.165, 1.54) is 0 Å². The number of nitrogens with one attached hydrogen (secondary N) is 1. The van der Waals surface area contributed by atoms with Crippen LogP contribution >= 0.6 is 0 Å². The van der Waals surface area contributed by atoms with Gasteiger partial charge in [-0.1, -0.05) is 0 Å². The van der Waals surface area contributed by atoms with Crippen LogP contribution < -0.4 is 5.32 Å². The number of rotatable bonds is 5. The van der Waals surface area contributed by atoms with Crippen LogP contribution in [0.15, 0.2) is 30.7 Å². The molecule has 19 heavy (non-hydrogen) atoms. The highest BCUT2D eigenvalue weighted by molar-refractivity contribution is 5.57. The summed E-state index contributed by atoms with van der Waals surface area (Å²) in [5.74, 6) is 0.549. The highest BCUT2D eigenvalue weighted by Crippen LogP contribution is 2.23. The lowest BCUT2D eigenvalue weighted by atomic mass is 10.2. The van der Waals surface area contributed by atoms with Crippen LogP contribution in [-0.2, 0) is 9.53 Å². The fraction of sp³-hybridized carbons (Fsp3) is 0.231. The minimum Gasteiger partial charge on any atom is -0.458 e. The molecule has 2 heterocycles. The molecule has 0 aromatic carbocycles. The third kappa shape index (κ3) is 3.25. The maximum absolute atomic E-state index is 10.4. The summed E-state index contributed by atoms with van der Waals surface area (Å²) in [4.78, 5) is 23.1. The number of carbonyl (C=O) groups excluding carboxylic acids is 1. The van der Waals surface area contributed by atoms with Gasteiger partial charge in [0.15, 0.2) is 5.82 Å². The van der Waals surface area contributed by atoms with Crippen LogP contribution in [0.2, 0.25) is 0 Å². The Morgan fingerprint density at radius 3 is 2.95 bits per heavy atom. The molecule has 98 valence electrons. The van der Waals surface area contributed by atoms with Crippen LogP contribution in [0, 0.1) is 6.92 Å². The van der Waals surface area contributed by atoms with Crippen LogP contribution in [-0.4, -0.2) is 21.4 Å². The van der Waals surface area contributed by atoms with Gasteiger partial charge in [0.1, 0.15) is 11.8 Å². The molecule has 1 N–H and O–H groups in total. The molecule has 0 fully saturated rings. The first-order valence-corrected chi connectivity index (χ1v) is 5.80. The molecule has 0 spiro atoms. The van der Waals surface area contributed by atoms with Crippen molar-refractivity contribution in [3.63, 3.8) is 0 Å². The second-order valence-corrected chi connectivity index (χ2v) is 3.99. The maximum Gasteiger partial charge on any atom is 0.293 e. The Labute approximate surface area is 110 Å². The second-order valence-electron chi connectivity index (χ2n) is 3.99. The van der Waals surface area contributed by atoms with Gasteiger partial charge < -0.3 is 10.1 Å². The van der Waals surface area contributed by atoms with Crippen molar-refractivity contribution in [2.45, 2.75) is 20.0 Å². The number of nitrogens with zero attached hydrogens (tertiary/aromatic N) is 3. The first kappa shape index (κ1) is 12.9. The smallest absolute Gasteiger partial charge is 0.293 e. The zero-order valence-electron chi connectivity index (χ0n) is 10.7. The minimum atomic E-state index is -0.468. The fourth-order valence-electron chi connectivity index (χ4n) is 1.60. The first-order valence-electron chi connectivity index (χ1n) is 5.80. The largest absolute Gasteiger partial charge is 0.458 e. The Morgan fingerprint density at radius 2 is 2.26 bits per heavy atom. The lowest BCUT2D eigenvalue weighted by Gasteiger charge is -2.14. The van der Waals surface area contributed by atoms with Gasteiger partial charge in [0.25, 0.3) is 6.47 Å². The number of hydrogen-bond acceptors (Lipinski definition) is 6. The number of aryl methyl sites for hydroxylation is 1. The summed E-state index contributed by atoms with van der Waals surface area (Å²) in [5.41, 5.74) is 2.13. The van der Waals surface area contributed by atoms with E-state index >= 15 is 0 Å². The number of hydrogen-bond donors (Lipinski definition) is 1. The molecule has 2 rings (SSSR count). The van der Waals surface area contributed by atoms with Gasteiger partial charge in [0, 0.05) is 6.20 Å². The highest BCUT2D eigenvalue weighted by atomic mass is 16.5. The molecule has 0 saturated heterocycles. The number of pyridine rings is 1. The number of anilines is 2. The summed E-state index contributed by atoms with van der Waals surface area (Å²) >= 11 is 0. The van der Waals surface area contributed by atoms with Crippen molar-refractivity contribution < 1.29 is 9.53 Å². The van der Waals surface area contributed by atoms with Crippen molar-refractivity contribution in [3.05, 3.63) is 42.1 Å². The predicted molar refractivity (Wildman–Crippen MR) is 69.9 cm³/mol. The number of ether oxygens (including phenoxy) is 1. The van der Waals surface area contributed by atoms with Crippen molar-refractivity contribution in [2.75, 3.05) is 5.32 Å². The first-order chi connectivity index (χ1) is 9.20. The molecule has 0 aliphatic rings. The zero-order chi connectivity index (χ0) is 13.7. The Balaban J connectivity index is 2.31. The molecule has 2 aromatic rings. The van der Waals surface area contributed by atoms with E-state index in [-0.39, 0.29) is 0 Å². The van der Waals surface area contributed by atoms with Crippen molar-refractivity contribution in [3.8, 4) is 0 Å². The topological polar surface area (TPSA) is 77.0 Å². The standard InChI is InChI=1S/C13H14N4O2/c1-9-6-15-13(12(16-9)10(2)19-8-18)17-11-4-3-5-14-7-11/h3-8,10H,1-2H3,(H,15,17). The quantitative estimate of drug-likeness (QED) is 0.828. The zero-order valence-corrected chi connectivity index (χ0v) is 10.7. The Hall–Kier alpha value is -2.50. The van der Waals surface area contributed by atoms with Crippen LogP contribution in [0.25, 0.3) is 0 Å². The van der Waals surface area contributed by atoms with Crippen molar-refractivity contribution in [1.29, 1.82) is 0 Å². The molecule has 6 nitrogen and oxygen atoms in total. The van der Waals surface area contributed by atoms with Gasteiger partial charge in [0.05, 0.1) is 23.8 Å². The third-order valence-electron chi connectivity index (χ3n) is 2.49. The van der Waals surface area contributed by atoms with Crippen LogP contribution in [0.4, 0.5) is 11.5 Å². The predicted octanol–water partition coefficient (Wildman–Crippen LogP) is 2.16. The van der Waals surface area contributed by atoms with Crippen molar-refractivity contribution in [2.24, 2.45) is 0 Å². The Bertz CT molecular complexity index is 560. The molecule has 1 unspecified atom stereocenters. The van der Waals surface area contributed by atoms with Gasteiger partial charge in [0.2, 0.25) is 0 Å². The monoisotopic (exact) mass is 258 g/mol. The van der Waals surface area contributed by atoms with Gasteiger partial charge in [-0.25, -0.2) is 9.97 Å².